The van der Waals surface area contributed by atoms with Gasteiger partial charge in [0.1, 0.15) is 22.8 Å². The van der Waals surface area contributed by atoms with Gasteiger partial charge >= 0.3 is 0 Å². The molecular weight excluding hydrogens is 586 g/mol. The van der Waals surface area contributed by atoms with E-state index in [4.69, 9.17) is 4.74 Å². The summed E-state index contributed by atoms with van der Waals surface area (Å²) >= 11 is 0. The molecule has 0 aliphatic carbocycles. The highest BCUT2D eigenvalue weighted by atomic mass is 32.2. The molecule has 0 unspecified atom stereocenters. The summed E-state index contributed by atoms with van der Waals surface area (Å²) in [5, 5.41) is 15.2. The summed E-state index contributed by atoms with van der Waals surface area (Å²) in [5.41, 5.74) is 1.20. The second kappa shape index (κ2) is 13.1. The Hall–Kier alpha value is -4.95. The first kappa shape index (κ1) is 30.5. The number of ether oxygens (including phenoxy) is 1. The lowest BCUT2D eigenvalue weighted by Gasteiger charge is -2.35. The Balaban J connectivity index is 1.44. The molecule has 0 saturated carbocycles. The van der Waals surface area contributed by atoms with Crippen molar-refractivity contribution in [3.8, 4) is 11.5 Å². The van der Waals surface area contributed by atoms with E-state index in [-0.39, 0.29) is 17.0 Å². The van der Waals surface area contributed by atoms with Crippen LogP contribution in [0, 0.1) is 10.1 Å². The lowest BCUT2D eigenvalue weighted by molar-refractivity contribution is -0.384. The molecule has 3 N–H and O–H groups in total. The van der Waals surface area contributed by atoms with Gasteiger partial charge in [-0.25, -0.2) is 18.1 Å². The Bertz CT molecular complexity index is 1810. The number of piperazine rings is 1. The van der Waals surface area contributed by atoms with Gasteiger partial charge in [0.25, 0.3) is 21.6 Å². The minimum Gasteiger partial charge on any atom is -0.455 e. The number of nitrogens with one attached hydrogen (secondary N) is 3. The number of rotatable bonds is 11. The summed E-state index contributed by atoms with van der Waals surface area (Å²) in [5.74, 6) is -0.453. The summed E-state index contributed by atoms with van der Waals surface area (Å²) in [7, 11) is -4.48. The van der Waals surface area contributed by atoms with E-state index in [2.05, 4.69) is 31.2 Å². The van der Waals surface area contributed by atoms with E-state index in [1.807, 2.05) is 23.8 Å². The lowest BCUT2D eigenvalue weighted by atomic mass is 10.1. The van der Waals surface area contributed by atoms with Gasteiger partial charge in [-0.2, -0.15) is 0 Å². The fourth-order valence-corrected chi connectivity index (χ4v) is 5.92. The first-order valence-electron chi connectivity index (χ1n) is 14.1. The number of amides is 1. The van der Waals surface area contributed by atoms with Crippen molar-refractivity contribution in [3.63, 3.8) is 0 Å². The van der Waals surface area contributed by atoms with Crippen LogP contribution in [0.2, 0.25) is 0 Å². The van der Waals surface area contributed by atoms with E-state index in [0.717, 1.165) is 49.9 Å². The summed E-state index contributed by atoms with van der Waals surface area (Å²) in [6, 6.07) is 12.0. The number of hydrogen-bond acceptors (Lipinski definition) is 10. The highest BCUT2D eigenvalue weighted by Gasteiger charge is 2.26. The van der Waals surface area contributed by atoms with Crippen LogP contribution in [0.15, 0.2) is 78.0 Å². The van der Waals surface area contributed by atoms with E-state index < -0.39 is 31.4 Å². The first-order chi connectivity index (χ1) is 21.2. The summed E-state index contributed by atoms with van der Waals surface area (Å²) in [6.45, 7) is 8.26. The minimum atomic E-state index is -4.48. The van der Waals surface area contributed by atoms with Crippen molar-refractivity contribution >= 4 is 44.0 Å². The van der Waals surface area contributed by atoms with Crippen LogP contribution in [-0.4, -0.2) is 73.4 Å². The predicted molar refractivity (Wildman–Crippen MR) is 168 cm³/mol. The molecule has 44 heavy (non-hydrogen) atoms. The van der Waals surface area contributed by atoms with Gasteiger partial charge in [-0.1, -0.05) is 12.2 Å². The van der Waals surface area contributed by atoms with E-state index >= 15 is 0 Å². The summed E-state index contributed by atoms with van der Waals surface area (Å²) < 4.78 is 34.6. The SMILES string of the molecule is C/C=C\CN1CCN(c2ccc(C(=O)NS(=O)(=O)c3ccc(NCC)c([N+](=O)[O-])c3)c(Oc3cnc4[nH]ccc4c3)c2)CC1. The number of carbonyl (C=O) groups excluding carboxylic acids is 1. The Morgan fingerprint density at radius 3 is 2.66 bits per heavy atom. The van der Waals surface area contributed by atoms with Crippen LogP contribution in [-0.2, 0) is 10.0 Å². The minimum absolute atomic E-state index is 0.0306. The number of anilines is 2. The van der Waals surface area contributed by atoms with E-state index in [0.29, 0.717) is 17.9 Å². The predicted octanol–water partition coefficient (Wildman–Crippen LogP) is 4.51. The third-order valence-electron chi connectivity index (χ3n) is 7.22. The van der Waals surface area contributed by atoms with Gasteiger partial charge in [-0.15, -0.1) is 0 Å². The zero-order valence-electron chi connectivity index (χ0n) is 24.3. The molecule has 1 fully saturated rings. The number of sulfonamides is 1. The van der Waals surface area contributed by atoms with Gasteiger partial charge < -0.3 is 19.9 Å². The molecular formula is C30H33N7O6S. The van der Waals surface area contributed by atoms with Crippen LogP contribution in [0.5, 0.6) is 11.5 Å². The maximum Gasteiger partial charge on any atom is 0.293 e. The third kappa shape index (κ3) is 6.82. The Morgan fingerprint density at radius 2 is 1.93 bits per heavy atom. The largest absolute Gasteiger partial charge is 0.455 e. The van der Waals surface area contributed by atoms with Crippen LogP contribution in [0.25, 0.3) is 11.0 Å². The van der Waals surface area contributed by atoms with Crippen LogP contribution < -0.4 is 19.7 Å². The highest BCUT2D eigenvalue weighted by molar-refractivity contribution is 7.90. The van der Waals surface area contributed by atoms with Crippen molar-refractivity contribution < 1.29 is 22.9 Å². The maximum absolute atomic E-state index is 13.5. The number of benzene rings is 2. The fourth-order valence-electron chi connectivity index (χ4n) is 4.93. The third-order valence-corrected chi connectivity index (χ3v) is 8.55. The van der Waals surface area contributed by atoms with E-state index in [1.54, 1.807) is 31.3 Å². The summed E-state index contributed by atoms with van der Waals surface area (Å²) in [6.07, 6.45) is 7.40. The molecule has 0 radical (unpaired) electrons. The monoisotopic (exact) mass is 619 g/mol. The molecule has 1 aliphatic rings. The van der Waals surface area contributed by atoms with E-state index in [9.17, 15) is 23.3 Å². The van der Waals surface area contributed by atoms with Gasteiger partial charge in [0.2, 0.25) is 0 Å². The number of pyridine rings is 1. The van der Waals surface area contributed by atoms with Crippen LogP contribution in [0.4, 0.5) is 17.1 Å². The van der Waals surface area contributed by atoms with Crippen molar-refractivity contribution in [2.75, 3.05) is 49.5 Å². The molecule has 1 aliphatic heterocycles. The molecule has 2 aromatic heterocycles. The van der Waals surface area contributed by atoms with E-state index in [1.165, 1.54) is 24.4 Å². The van der Waals surface area contributed by atoms with Gasteiger partial charge in [0, 0.05) is 68.7 Å². The summed E-state index contributed by atoms with van der Waals surface area (Å²) in [4.78, 5) is 35.8. The zero-order valence-corrected chi connectivity index (χ0v) is 25.1. The molecule has 0 atom stereocenters. The lowest BCUT2D eigenvalue weighted by Crippen LogP contribution is -2.46. The van der Waals surface area contributed by atoms with Crippen LogP contribution in [0.1, 0.15) is 24.2 Å². The number of nitro groups is 1. The van der Waals surface area contributed by atoms with Crippen molar-refractivity contribution in [1.29, 1.82) is 0 Å². The number of aromatic amines is 1. The fraction of sp³-hybridized carbons (Fsp3) is 0.267. The molecule has 230 valence electrons. The van der Waals surface area contributed by atoms with Crippen molar-refractivity contribution in [3.05, 3.63) is 88.8 Å². The molecule has 1 amide bonds. The van der Waals surface area contributed by atoms with Crippen molar-refractivity contribution in [1.82, 2.24) is 19.6 Å². The Labute approximate surface area is 254 Å². The van der Waals surface area contributed by atoms with Gasteiger partial charge in [-0.3, -0.25) is 19.8 Å². The molecule has 4 aromatic rings. The first-order valence-corrected chi connectivity index (χ1v) is 15.6. The maximum atomic E-state index is 13.5. The highest BCUT2D eigenvalue weighted by Crippen LogP contribution is 2.32. The molecule has 14 heteroatoms. The van der Waals surface area contributed by atoms with Gasteiger partial charge in [-0.05, 0) is 50.2 Å². The molecule has 13 nitrogen and oxygen atoms in total. The quantitative estimate of drug-likeness (QED) is 0.124. The average molecular weight is 620 g/mol. The molecule has 0 bridgehead atoms. The van der Waals surface area contributed by atoms with Crippen LogP contribution >= 0.6 is 0 Å². The molecule has 5 rings (SSSR count). The number of fused-ring (bicyclic) bond motifs is 1. The number of H-pyrrole nitrogens is 1. The smallest absolute Gasteiger partial charge is 0.293 e. The number of allylic oxidation sites excluding steroid dienone is 1. The topological polar surface area (TPSA) is 163 Å². The van der Waals surface area contributed by atoms with Gasteiger partial charge in [0.15, 0.2) is 0 Å². The van der Waals surface area contributed by atoms with Crippen molar-refractivity contribution in [2.24, 2.45) is 0 Å². The number of aromatic nitrogens is 2. The molecule has 3 heterocycles. The normalized spacial score (nSPS) is 14.2. The Kier molecular flexibility index (Phi) is 9.11. The molecule has 1 saturated heterocycles. The molecule has 0 spiro atoms. The second-order valence-electron chi connectivity index (χ2n) is 10.1. The van der Waals surface area contributed by atoms with Crippen molar-refractivity contribution in [2.45, 2.75) is 18.7 Å². The number of hydrogen-bond donors (Lipinski definition) is 3. The van der Waals surface area contributed by atoms with Gasteiger partial charge in [0.05, 0.1) is 21.6 Å². The van der Waals surface area contributed by atoms with Crippen LogP contribution in [0.3, 0.4) is 0 Å². The number of nitro benzene ring substituents is 1. The number of nitrogens with zero attached hydrogens (tertiary/aromatic N) is 4. The zero-order chi connectivity index (χ0) is 31.3. The standard InChI is InChI=1S/C30H33N7O6S/c1-3-5-12-35-13-15-36(16-14-35)22-6-8-25(28(18-22)43-23-17-21-10-11-32-29(21)33-20-23)30(38)34-44(41,42)24-7-9-26(31-4-2)27(19-24)37(39)40/h3,5-11,17-20,31H,4,12-16H2,1-2H3,(H,32,33)(H,34,38)/b5-3-. The average Bonchev–Trinajstić information content (AvgIpc) is 3.48. The Morgan fingerprint density at radius 1 is 1.14 bits per heavy atom. The molecule has 2 aromatic carbocycles. The number of carbonyl (C=O) groups is 1. The second-order valence-corrected chi connectivity index (χ2v) is 11.8.